The molecule has 0 bridgehead atoms. The summed E-state index contributed by atoms with van der Waals surface area (Å²) in [7, 11) is 0. The van der Waals surface area contributed by atoms with Crippen molar-refractivity contribution < 1.29 is 14.7 Å². The number of carbonyl (C=O) groups excluding carboxylic acids is 2. The number of amides is 2. The Kier molecular flexibility index (Phi) is 4.26. The van der Waals surface area contributed by atoms with Crippen LogP contribution in [0.5, 0.6) is 0 Å². The van der Waals surface area contributed by atoms with Crippen LogP contribution in [0.2, 0.25) is 0 Å². The number of aliphatic hydroxyl groups is 1. The highest BCUT2D eigenvalue weighted by Crippen LogP contribution is 2.17. The number of aliphatic hydroxyl groups excluding tert-OH is 1. The lowest BCUT2D eigenvalue weighted by Gasteiger charge is -2.22. The molecule has 1 rings (SSSR count). The Morgan fingerprint density at radius 2 is 2.19 bits per heavy atom. The molecule has 1 saturated heterocycles. The van der Waals surface area contributed by atoms with Crippen LogP contribution >= 0.6 is 0 Å². The summed E-state index contributed by atoms with van der Waals surface area (Å²) in [5.41, 5.74) is 5.18. The van der Waals surface area contributed by atoms with E-state index in [4.69, 9.17) is 5.73 Å². The van der Waals surface area contributed by atoms with Crippen LogP contribution < -0.4 is 11.1 Å². The molecule has 4 N–H and O–H groups in total. The maximum Gasteiger partial charge on any atom is 0.240 e. The minimum Gasteiger partial charge on any atom is -0.391 e. The number of likely N-dealkylation sites (tertiary alicyclic amines) is 1. The van der Waals surface area contributed by atoms with Gasteiger partial charge in [0.05, 0.1) is 12.6 Å². The molecule has 0 aromatic carbocycles. The summed E-state index contributed by atoms with van der Waals surface area (Å²) >= 11 is 0. The SMILES string of the molecule is CC(C)NCC(=O)N1CC(O)CC1C(N)=O. The summed E-state index contributed by atoms with van der Waals surface area (Å²) < 4.78 is 0. The van der Waals surface area contributed by atoms with Gasteiger partial charge in [0.2, 0.25) is 11.8 Å². The first kappa shape index (κ1) is 12.9. The van der Waals surface area contributed by atoms with E-state index in [0.717, 1.165) is 0 Å². The zero-order chi connectivity index (χ0) is 12.3. The minimum absolute atomic E-state index is 0.161. The van der Waals surface area contributed by atoms with E-state index < -0.39 is 18.1 Å². The van der Waals surface area contributed by atoms with Gasteiger partial charge in [0.15, 0.2) is 0 Å². The highest BCUT2D eigenvalue weighted by Gasteiger charge is 2.37. The largest absolute Gasteiger partial charge is 0.391 e. The summed E-state index contributed by atoms with van der Waals surface area (Å²) in [4.78, 5) is 24.2. The lowest BCUT2D eigenvalue weighted by Crippen LogP contribution is -2.47. The lowest BCUT2D eigenvalue weighted by molar-refractivity contribution is -0.136. The van der Waals surface area contributed by atoms with Gasteiger partial charge in [0.25, 0.3) is 0 Å². The average Bonchev–Trinajstić information content (AvgIpc) is 2.56. The second-order valence-electron chi connectivity index (χ2n) is 4.39. The van der Waals surface area contributed by atoms with Crippen LogP contribution in [0.4, 0.5) is 0 Å². The molecule has 0 aromatic heterocycles. The molecule has 0 aliphatic carbocycles. The molecular weight excluding hydrogens is 210 g/mol. The second kappa shape index (κ2) is 5.27. The van der Waals surface area contributed by atoms with Crippen LogP contribution in [-0.2, 0) is 9.59 Å². The van der Waals surface area contributed by atoms with E-state index >= 15 is 0 Å². The summed E-state index contributed by atoms with van der Waals surface area (Å²) in [6, 6.07) is -0.472. The third-order valence-electron chi connectivity index (χ3n) is 2.59. The maximum atomic E-state index is 11.8. The molecule has 6 heteroatoms. The molecule has 0 saturated carbocycles. The number of rotatable bonds is 4. The van der Waals surface area contributed by atoms with Crippen LogP contribution in [0.25, 0.3) is 0 Å². The third kappa shape index (κ3) is 3.18. The van der Waals surface area contributed by atoms with E-state index in [-0.39, 0.29) is 31.5 Å². The number of nitrogens with zero attached hydrogens (tertiary/aromatic N) is 1. The van der Waals surface area contributed by atoms with Crippen molar-refractivity contribution >= 4 is 11.8 Å². The first-order chi connectivity index (χ1) is 7.41. The molecule has 0 spiro atoms. The number of nitrogens with one attached hydrogen (secondary N) is 1. The van der Waals surface area contributed by atoms with Crippen molar-refractivity contribution in [2.45, 2.75) is 38.5 Å². The number of primary amides is 1. The topological polar surface area (TPSA) is 95.7 Å². The van der Waals surface area contributed by atoms with Crippen molar-refractivity contribution in [2.75, 3.05) is 13.1 Å². The van der Waals surface area contributed by atoms with E-state index in [1.165, 1.54) is 4.90 Å². The van der Waals surface area contributed by atoms with Gasteiger partial charge in [-0.25, -0.2) is 0 Å². The molecule has 1 heterocycles. The van der Waals surface area contributed by atoms with Crippen LogP contribution in [0.3, 0.4) is 0 Å². The van der Waals surface area contributed by atoms with E-state index in [0.29, 0.717) is 0 Å². The number of β-amino-alcohol motifs (C(OH)–C–C–N with tert-alkyl or cyclic N) is 1. The number of nitrogens with two attached hydrogens (primary N) is 1. The number of hydrogen-bond acceptors (Lipinski definition) is 4. The summed E-state index contributed by atoms with van der Waals surface area (Å²) in [5, 5.41) is 12.4. The van der Waals surface area contributed by atoms with E-state index in [2.05, 4.69) is 5.32 Å². The van der Waals surface area contributed by atoms with Crippen molar-refractivity contribution in [3.8, 4) is 0 Å². The molecule has 1 aliphatic heterocycles. The van der Waals surface area contributed by atoms with Gasteiger partial charge in [-0.1, -0.05) is 13.8 Å². The molecule has 6 nitrogen and oxygen atoms in total. The Balaban J connectivity index is 2.56. The highest BCUT2D eigenvalue weighted by molar-refractivity contribution is 5.88. The predicted octanol–water partition coefficient (Wildman–Crippen LogP) is -1.57. The maximum absolute atomic E-state index is 11.8. The Morgan fingerprint density at radius 1 is 1.56 bits per heavy atom. The normalized spacial score (nSPS) is 25.1. The highest BCUT2D eigenvalue weighted by atomic mass is 16.3. The standard InChI is InChI=1S/C10H19N3O3/c1-6(2)12-4-9(15)13-5-7(14)3-8(13)10(11)16/h6-8,12,14H,3-5H2,1-2H3,(H2,11,16). The van der Waals surface area contributed by atoms with Crippen LogP contribution in [0.15, 0.2) is 0 Å². The van der Waals surface area contributed by atoms with Crippen molar-refractivity contribution in [3.63, 3.8) is 0 Å². The Hall–Kier alpha value is -1.14. The number of carbonyl (C=O) groups is 2. The molecule has 92 valence electrons. The molecule has 0 radical (unpaired) electrons. The molecule has 1 fully saturated rings. The first-order valence-corrected chi connectivity index (χ1v) is 5.42. The van der Waals surface area contributed by atoms with Crippen LogP contribution in [-0.4, -0.2) is 53.1 Å². The second-order valence-corrected chi connectivity index (χ2v) is 4.39. The van der Waals surface area contributed by atoms with Crippen molar-refractivity contribution in [1.29, 1.82) is 0 Å². The summed E-state index contributed by atoms with van der Waals surface area (Å²) in [6.07, 6.45) is -0.413. The first-order valence-electron chi connectivity index (χ1n) is 5.42. The van der Waals surface area contributed by atoms with Crippen molar-refractivity contribution in [3.05, 3.63) is 0 Å². The number of hydrogen-bond donors (Lipinski definition) is 3. The fraction of sp³-hybridized carbons (Fsp3) is 0.800. The molecular formula is C10H19N3O3. The Bertz CT molecular complexity index is 280. The Labute approximate surface area is 94.8 Å². The van der Waals surface area contributed by atoms with E-state index in [1.54, 1.807) is 0 Å². The monoisotopic (exact) mass is 229 g/mol. The van der Waals surface area contributed by atoms with Crippen LogP contribution in [0.1, 0.15) is 20.3 Å². The van der Waals surface area contributed by atoms with E-state index in [1.807, 2.05) is 13.8 Å². The fourth-order valence-electron chi connectivity index (χ4n) is 1.75. The third-order valence-corrected chi connectivity index (χ3v) is 2.59. The Morgan fingerprint density at radius 3 is 2.69 bits per heavy atom. The fourth-order valence-corrected chi connectivity index (χ4v) is 1.75. The lowest BCUT2D eigenvalue weighted by atomic mass is 10.2. The minimum atomic E-state index is -0.670. The van der Waals surface area contributed by atoms with Crippen molar-refractivity contribution in [2.24, 2.45) is 5.73 Å². The van der Waals surface area contributed by atoms with Gasteiger partial charge < -0.3 is 21.1 Å². The van der Waals surface area contributed by atoms with Gasteiger partial charge in [0.1, 0.15) is 6.04 Å². The van der Waals surface area contributed by atoms with Gasteiger partial charge in [-0.3, -0.25) is 9.59 Å². The molecule has 2 amide bonds. The van der Waals surface area contributed by atoms with Gasteiger partial charge in [0, 0.05) is 19.0 Å². The van der Waals surface area contributed by atoms with Gasteiger partial charge >= 0.3 is 0 Å². The van der Waals surface area contributed by atoms with E-state index in [9.17, 15) is 14.7 Å². The van der Waals surface area contributed by atoms with Gasteiger partial charge in [-0.05, 0) is 0 Å². The van der Waals surface area contributed by atoms with Gasteiger partial charge in [-0.2, -0.15) is 0 Å². The molecule has 2 atom stereocenters. The smallest absolute Gasteiger partial charge is 0.240 e. The molecule has 16 heavy (non-hydrogen) atoms. The van der Waals surface area contributed by atoms with Crippen LogP contribution in [0, 0.1) is 0 Å². The zero-order valence-corrected chi connectivity index (χ0v) is 9.64. The summed E-state index contributed by atoms with van der Waals surface area (Å²) in [5.74, 6) is -0.761. The average molecular weight is 229 g/mol. The predicted molar refractivity (Wildman–Crippen MR) is 58.5 cm³/mol. The molecule has 1 aliphatic rings. The van der Waals surface area contributed by atoms with Crippen molar-refractivity contribution in [1.82, 2.24) is 10.2 Å². The molecule has 0 aromatic rings. The quantitative estimate of drug-likeness (QED) is 0.543. The summed E-state index contributed by atoms with van der Waals surface area (Å²) in [6.45, 7) is 4.20. The zero-order valence-electron chi connectivity index (χ0n) is 9.64. The van der Waals surface area contributed by atoms with Gasteiger partial charge in [-0.15, -0.1) is 0 Å². The molecule has 2 unspecified atom stereocenters.